The SMILES string of the molecule is O=C(NCCCCCCCCNC(=O)C(O)C(O)C(OC1OC(CO)C(O)C(O)C1O)C(O)CO)OCc1ccccc1. The van der Waals surface area contributed by atoms with E-state index < -0.39 is 80.3 Å². The molecule has 1 aliphatic heterocycles. The van der Waals surface area contributed by atoms with Crippen LogP contribution in [0.2, 0.25) is 0 Å². The van der Waals surface area contributed by atoms with Crippen LogP contribution in [0.1, 0.15) is 44.1 Å². The predicted octanol–water partition coefficient (Wildman–Crippen LogP) is -2.37. The first kappa shape index (κ1) is 36.8. The molecule has 1 fully saturated rings. The zero-order valence-electron chi connectivity index (χ0n) is 24.0. The Kier molecular flexibility index (Phi) is 16.9. The van der Waals surface area contributed by atoms with Crippen LogP contribution in [0.25, 0.3) is 0 Å². The summed E-state index contributed by atoms with van der Waals surface area (Å²) in [5.74, 6) is -0.967. The van der Waals surface area contributed by atoms with Crippen molar-refractivity contribution in [3.05, 3.63) is 35.9 Å². The fourth-order valence-corrected chi connectivity index (χ4v) is 4.41. The quantitative estimate of drug-likeness (QED) is 0.0729. The highest BCUT2D eigenvalue weighted by molar-refractivity contribution is 5.81. The van der Waals surface area contributed by atoms with Crippen molar-refractivity contribution in [3.8, 4) is 0 Å². The fourth-order valence-electron chi connectivity index (χ4n) is 4.41. The summed E-state index contributed by atoms with van der Waals surface area (Å²) in [5.41, 5.74) is 0.907. The molecule has 1 aromatic carbocycles. The van der Waals surface area contributed by atoms with Crippen molar-refractivity contribution in [1.29, 1.82) is 0 Å². The Labute approximate surface area is 250 Å². The van der Waals surface area contributed by atoms with Gasteiger partial charge in [0.25, 0.3) is 5.91 Å². The zero-order valence-corrected chi connectivity index (χ0v) is 24.0. The molecular weight excluding hydrogens is 572 g/mol. The predicted molar refractivity (Wildman–Crippen MR) is 149 cm³/mol. The van der Waals surface area contributed by atoms with Crippen molar-refractivity contribution >= 4 is 12.0 Å². The number of nitrogens with one attached hydrogen (secondary N) is 2. The summed E-state index contributed by atoms with van der Waals surface area (Å²) >= 11 is 0. The second kappa shape index (κ2) is 19.8. The van der Waals surface area contributed by atoms with Gasteiger partial charge in [0.15, 0.2) is 12.4 Å². The second-order valence-corrected chi connectivity index (χ2v) is 10.4. The number of aliphatic hydroxyl groups excluding tert-OH is 8. The van der Waals surface area contributed by atoms with E-state index in [0.717, 1.165) is 37.7 Å². The summed E-state index contributed by atoms with van der Waals surface area (Å²) in [6, 6.07) is 9.37. The van der Waals surface area contributed by atoms with Crippen LogP contribution < -0.4 is 10.6 Å². The molecule has 0 bridgehead atoms. The monoisotopic (exact) mass is 618 g/mol. The average Bonchev–Trinajstić information content (AvgIpc) is 3.02. The maximum absolute atomic E-state index is 12.4. The minimum atomic E-state index is -2.09. The Morgan fingerprint density at radius 2 is 1.44 bits per heavy atom. The molecule has 246 valence electrons. The Morgan fingerprint density at radius 3 is 2.05 bits per heavy atom. The summed E-state index contributed by atoms with van der Waals surface area (Å²) < 4.78 is 15.6. The summed E-state index contributed by atoms with van der Waals surface area (Å²) in [6.07, 6.45) is -12.0. The third kappa shape index (κ3) is 12.2. The number of hydrogen-bond acceptors (Lipinski definition) is 13. The number of unbranched alkanes of at least 4 members (excludes halogenated alkanes) is 5. The number of ether oxygens (including phenoxy) is 3. The van der Waals surface area contributed by atoms with Gasteiger partial charge >= 0.3 is 6.09 Å². The lowest BCUT2D eigenvalue weighted by Crippen LogP contribution is -2.62. The lowest BCUT2D eigenvalue weighted by Gasteiger charge is -2.42. The third-order valence-corrected chi connectivity index (χ3v) is 7.02. The summed E-state index contributed by atoms with van der Waals surface area (Å²) in [7, 11) is 0. The van der Waals surface area contributed by atoms with Gasteiger partial charge in [-0.05, 0) is 18.4 Å². The van der Waals surface area contributed by atoms with E-state index in [2.05, 4.69) is 10.6 Å². The first-order chi connectivity index (χ1) is 20.6. The molecule has 10 N–H and O–H groups in total. The number of rotatable bonds is 19. The Bertz CT molecular complexity index is 925. The maximum atomic E-state index is 12.4. The molecule has 15 heteroatoms. The van der Waals surface area contributed by atoms with Crippen LogP contribution in [-0.4, -0.2) is 134 Å². The first-order valence-electron chi connectivity index (χ1n) is 14.4. The highest BCUT2D eigenvalue weighted by atomic mass is 16.7. The molecule has 43 heavy (non-hydrogen) atoms. The minimum Gasteiger partial charge on any atom is -0.445 e. The molecule has 1 aliphatic rings. The summed E-state index contributed by atoms with van der Waals surface area (Å²) in [4.78, 5) is 24.1. The lowest BCUT2D eigenvalue weighted by atomic mass is 9.98. The van der Waals surface area contributed by atoms with Crippen molar-refractivity contribution in [2.45, 2.75) is 100 Å². The van der Waals surface area contributed by atoms with E-state index in [-0.39, 0.29) is 13.2 Å². The van der Waals surface area contributed by atoms with Gasteiger partial charge in [-0.1, -0.05) is 56.0 Å². The van der Waals surface area contributed by atoms with Crippen molar-refractivity contribution < 1.29 is 64.7 Å². The van der Waals surface area contributed by atoms with E-state index in [9.17, 15) is 50.4 Å². The molecule has 2 amide bonds. The van der Waals surface area contributed by atoms with Crippen LogP contribution in [0.15, 0.2) is 30.3 Å². The second-order valence-electron chi connectivity index (χ2n) is 10.4. The normalized spacial score (nSPS) is 24.9. The van der Waals surface area contributed by atoms with Gasteiger partial charge in [0.05, 0.1) is 13.2 Å². The highest BCUT2D eigenvalue weighted by Crippen LogP contribution is 2.25. The number of hydrogen-bond donors (Lipinski definition) is 10. The molecular formula is C28H46N2O13. The van der Waals surface area contributed by atoms with E-state index in [4.69, 9.17) is 14.2 Å². The fraction of sp³-hybridized carbons (Fsp3) is 0.714. The molecule has 2 rings (SSSR count). The molecule has 15 nitrogen and oxygen atoms in total. The Balaban J connectivity index is 1.63. The number of alkyl carbamates (subject to hydrolysis) is 1. The van der Waals surface area contributed by atoms with E-state index >= 15 is 0 Å². The smallest absolute Gasteiger partial charge is 0.407 e. The molecule has 1 heterocycles. The third-order valence-electron chi connectivity index (χ3n) is 7.02. The van der Waals surface area contributed by atoms with Crippen molar-refractivity contribution in [2.24, 2.45) is 0 Å². The van der Waals surface area contributed by atoms with Gasteiger partial charge < -0.3 is 65.7 Å². The zero-order chi connectivity index (χ0) is 31.8. The van der Waals surface area contributed by atoms with Gasteiger partial charge in [-0.3, -0.25) is 4.79 Å². The molecule has 0 spiro atoms. The van der Waals surface area contributed by atoms with Gasteiger partial charge in [-0.2, -0.15) is 0 Å². The standard InChI is InChI=1S/C28H46N2O13/c31-14-18(33)25(43-27-24(38)21(35)20(34)19(15-32)42-27)22(36)23(37)26(39)29-12-8-3-1-2-4-9-13-30-28(40)41-16-17-10-6-5-7-11-17/h5-7,10-11,18-25,27,31-38H,1-4,8-9,12-16H2,(H,29,39)(H,30,40). The molecule has 9 atom stereocenters. The number of aliphatic hydroxyl groups is 8. The van der Waals surface area contributed by atoms with Gasteiger partial charge in [0, 0.05) is 13.1 Å². The van der Waals surface area contributed by atoms with Gasteiger partial charge in [0.2, 0.25) is 0 Å². The van der Waals surface area contributed by atoms with Crippen LogP contribution in [0.3, 0.4) is 0 Å². The molecule has 0 saturated carbocycles. The minimum absolute atomic E-state index is 0.193. The summed E-state index contributed by atoms with van der Waals surface area (Å²) in [5, 5.41) is 84.8. The van der Waals surface area contributed by atoms with E-state index in [0.29, 0.717) is 13.0 Å². The van der Waals surface area contributed by atoms with Crippen molar-refractivity contribution in [2.75, 3.05) is 26.3 Å². The lowest BCUT2D eigenvalue weighted by molar-refractivity contribution is -0.326. The van der Waals surface area contributed by atoms with Crippen LogP contribution in [0, 0.1) is 0 Å². The van der Waals surface area contributed by atoms with E-state index in [1.165, 1.54) is 0 Å². The summed E-state index contributed by atoms with van der Waals surface area (Å²) in [6.45, 7) is -0.814. The van der Waals surface area contributed by atoms with Crippen LogP contribution in [0.4, 0.5) is 4.79 Å². The van der Waals surface area contributed by atoms with Crippen LogP contribution in [-0.2, 0) is 25.6 Å². The molecule has 0 aliphatic carbocycles. The first-order valence-corrected chi connectivity index (χ1v) is 14.4. The van der Waals surface area contributed by atoms with Gasteiger partial charge in [-0.25, -0.2) is 4.79 Å². The molecule has 1 aromatic rings. The Morgan fingerprint density at radius 1 is 0.837 bits per heavy atom. The molecule has 1 saturated heterocycles. The van der Waals surface area contributed by atoms with E-state index in [1.807, 2.05) is 30.3 Å². The van der Waals surface area contributed by atoms with Crippen molar-refractivity contribution in [3.63, 3.8) is 0 Å². The number of amides is 2. The highest BCUT2D eigenvalue weighted by Gasteiger charge is 2.47. The topological polar surface area (TPSA) is 248 Å². The molecule has 0 aromatic heterocycles. The largest absolute Gasteiger partial charge is 0.445 e. The van der Waals surface area contributed by atoms with Crippen LogP contribution in [0.5, 0.6) is 0 Å². The maximum Gasteiger partial charge on any atom is 0.407 e. The van der Waals surface area contributed by atoms with Crippen LogP contribution >= 0.6 is 0 Å². The molecule has 9 unspecified atom stereocenters. The van der Waals surface area contributed by atoms with E-state index in [1.54, 1.807) is 0 Å². The number of benzene rings is 1. The van der Waals surface area contributed by atoms with Gasteiger partial charge in [-0.15, -0.1) is 0 Å². The number of carbonyl (C=O) groups excluding carboxylic acids is 2. The van der Waals surface area contributed by atoms with Crippen molar-refractivity contribution in [1.82, 2.24) is 10.6 Å². The molecule has 0 radical (unpaired) electrons. The van der Waals surface area contributed by atoms with Gasteiger partial charge in [0.1, 0.15) is 49.3 Å². The Hall–Kier alpha value is -2.44. The average molecular weight is 619 g/mol. The number of carbonyl (C=O) groups is 2.